The molecule has 5 heteroatoms. The van der Waals surface area contributed by atoms with Crippen LogP contribution >= 0.6 is 0 Å². The van der Waals surface area contributed by atoms with Gasteiger partial charge in [-0.15, -0.1) is 0 Å². The third kappa shape index (κ3) is 5.61. The first-order valence-electron chi connectivity index (χ1n) is 7.19. The van der Waals surface area contributed by atoms with Gasteiger partial charge in [-0.1, -0.05) is 39.3 Å². The predicted molar refractivity (Wildman–Crippen MR) is 83.1 cm³/mol. The van der Waals surface area contributed by atoms with E-state index < -0.39 is 10.0 Å². The molecular weight excluding hydrogens is 272 g/mol. The van der Waals surface area contributed by atoms with Crippen molar-refractivity contribution in [1.29, 1.82) is 0 Å². The Labute approximate surface area is 123 Å². The number of rotatable bonds is 8. The van der Waals surface area contributed by atoms with Crippen molar-refractivity contribution in [2.45, 2.75) is 64.1 Å². The van der Waals surface area contributed by atoms with E-state index >= 15 is 0 Å². The maximum Gasteiger partial charge on any atom is 0.240 e. The molecule has 0 saturated heterocycles. The Hall–Kier alpha value is -0.910. The van der Waals surface area contributed by atoms with Gasteiger partial charge in [-0.05, 0) is 31.0 Å². The first kappa shape index (κ1) is 17.1. The molecule has 1 rings (SSSR count). The highest BCUT2D eigenvalue weighted by molar-refractivity contribution is 7.89. The van der Waals surface area contributed by atoms with E-state index in [0.29, 0.717) is 10.9 Å². The van der Waals surface area contributed by atoms with Crippen LogP contribution in [0.2, 0.25) is 0 Å². The van der Waals surface area contributed by atoms with Gasteiger partial charge in [0, 0.05) is 18.6 Å². The molecule has 2 N–H and O–H groups in total. The summed E-state index contributed by atoms with van der Waals surface area (Å²) >= 11 is 0. The van der Waals surface area contributed by atoms with Crippen LogP contribution < -0.4 is 10.0 Å². The Morgan fingerprint density at radius 1 is 1.10 bits per heavy atom. The monoisotopic (exact) mass is 298 g/mol. The second-order valence-electron chi connectivity index (χ2n) is 5.49. The molecule has 0 bridgehead atoms. The molecule has 1 aromatic carbocycles. The van der Waals surface area contributed by atoms with Gasteiger partial charge >= 0.3 is 0 Å². The number of hydrogen-bond donors (Lipinski definition) is 2. The molecule has 114 valence electrons. The molecule has 0 spiro atoms. The van der Waals surface area contributed by atoms with Gasteiger partial charge in [0.15, 0.2) is 0 Å². The van der Waals surface area contributed by atoms with Crippen LogP contribution in [0.1, 0.15) is 46.1 Å². The first-order valence-corrected chi connectivity index (χ1v) is 8.68. The van der Waals surface area contributed by atoms with Gasteiger partial charge in [-0.3, -0.25) is 0 Å². The van der Waals surface area contributed by atoms with Crippen LogP contribution in [0.15, 0.2) is 29.2 Å². The zero-order valence-electron chi connectivity index (χ0n) is 12.8. The molecule has 0 aliphatic carbocycles. The summed E-state index contributed by atoms with van der Waals surface area (Å²) in [6, 6.07) is 7.42. The maximum atomic E-state index is 12.2. The number of sulfonamides is 1. The molecule has 0 amide bonds. The van der Waals surface area contributed by atoms with Gasteiger partial charge in [0.1, 0.15) is 0 Å². The van der Waals surface area contributed by atoms with Gasteiger partial charge in [0.25, 0.3) is 0 Å². The van der Waals surface area contributed by atoms with Crippen LogP contribution in [-0.4, -0.2) is 20.5 Å². The summed E-state index contributed by atoms with van der Waals surface area (Å²) in [5.74, 6) is 0. The van der Waals surface area contributed by atoms with E-state index in [1.807, 2.05) is 26.0 Å². The minimum atomic E-state index is -3.40. The van der Waals surface area contributed by atoms with Crippen molar-refractivity contribution < 1.29 is 8.42 Å². The van der Waals surface area contributed by atoms with Crippen molar-refractivity contribution >= 4 is 10.0 Å². The highest BCUT2D eigenvalue weighted by Gasteiger charge is 2.16. The van der Waals surface area contributed by atoms with Gasteiger partial charge in [-0.2, -0.15) is 0 Å². The molecule has 0 radical (unpaired) electrons. The minimum Gasteiger partial charge on any atom is -0.310 e. The van der Waals surface area contributed by atoms with E-state index in [4.69, 9.17) is 0 Å². The van der Waals surface area contributed by atoms with Crippen LogP contribution in [-0.2, 0) is 16.6 Å². The van der Waals surface area contributed by atoms with Gasteiger partial charge < -0.3 is 5.32 Å². The Morgan fingerprint density at radius 2 is 1.70 bits per heavy atom. The molecular formula is C15H26N2O2S. The molecule has 0 fully saturated rings. The third-order valence-corrected chi connectivity index (χ3v) is 4.63. The van der Waals surface area contributed by atoms with Gasteiger partial charge in [0.05, 0.1) is 4.90 Å². The van der Waals surface area contributed by atoms with E-state index in [9.17, 15) is 8.42 Å². The quantitative estimate of drug-likeness (QED) is 0.775. The van der Waals surface area contributed by atoms with Gasteiger partial charge in [0.2, 0.25) is 10.0 Å². The van der Waals surface area contributed by atoms with Crippen molar-refractivity contribution in [2.24, 2.45) is 0 Å². The Morgan fingerprint density at radius 3 is 2.20 bits per heavy atom. The third-order valence-electron chi connectivity index (χ3n) is 3.03. The standard InChI is InChI=1S/C15H26N2O2S/c1-5-6-13(4)17-20(18,19)15-9-7-14(8-10-15)11-16-12(2)3/h7-10,12-13,16-17H,5-6,11H2,1-4H3. The average molecular weight is 298 g/mol. The van der Waals surface area contributed by atoms with E-state index in [-0.39, 0.29) is 6.04 Å². The van der Waals surface area contributed by atoms with Crippen molar-refractivity contribution in [1.82, 2.24) is 10.0 Å². The summed E-state index contributed by atoms with van der Waals surface area (Å²) in [7, 11) is -3.40. The fourth-order valence-electron chi connectivity index (χ4n) is 1.93. The Balaban J connectivity index is 2.71. The second kappa shape index (κ2) is 7.76. The summed E-state index contributed by atoms with van der Waals surface area (Å²) in [5.41, 5.74) is 1.08. The zero-order chi connectivity index (χ0) is 15.2. The molecule has 0 aliphatic heterocycles. The smallest absolute Gasteiger partial charge is 0.240 e. The molecule has 4 nitrogen and oxygen atoms in total. The topological polar surface area (TPSA) is 58.2 Å². The first-order chi connectivity index (χ1) is 9.35. The Bertz CT molecular complexity index is 495. The lowest BCUT2D eigenvalue weighted by molar-refractivity contribution is 0.543. The molecule has 0 aliphatic rings. The average Bonchev–Trinajstić information content (AvgIpc) is 2.36. The zero-order valence-corrected chi connectivity index (χ0v) is 13.6. The highest BCUT2D eigenvalue weighted by Crippen LogP contribution is 2.12. The number of nitrogens with one attached hydrogen (secondary N) is 2. The lowest BCUT2D eigenvalue weighted by Gasteiger charge is -2.14. The van der Waals surface area contributed by atoms with Gasteiger partial charge in [-0.25, -0.2) is 13.1 Å². The summed E-state index contributed by atoms with van der Waals surface area (Å²) < 4.78 is 27.0. The molecule has 1 atom stereocenters. The van der Waals surface area contributed by atoms with Crippen LogP contribution in [0.25, 0.3) is 0 Å². The predicted octanol–water partition coefficient (Wildman–Crippen LogP) is 2.65. The molecule has 1 unspecified atom stereocenters. The van der Waals surface area contributed by atoms with Crippen LogP contribution in [0.3, 0.4) is 0 Å². The maximum absolute atomic E-state index is 12.2. The van der Waals surface area contributed by atoms with Crippen LogP contribution in [0.5, 0.6) is 0 Å². The fraction of sp³-hybridized carbons (Fsp3) is 0.600. The molecule has 1 aromatic rings. The molecule has 0 saturated carbocycles. The summed E-state index contributed by atoms with van der Waals surface area (Å²) in [6.07, 6.45) is 1.80. The van der Waals surface area contributed by atoms with Crippen molar-refractivity contribution in [3.05, 3.63) is 29.8 Å². The van der Waals surface area contributed by atoms with Crippen molar-refractivity contribution in [3.63, 3.8) is 0 Å². The van der Waals surface area contributed by atoms with E-state index in [1.54, 1.807) is 12.1 Å². The molecule has 0 aromatic heterocycles. The van der Waals surface area contributed by atoms with E-state index in [0.717, 1.165) is 24.9 Å². The fourth-order valence-corrected chi connectivity index (χ4v) is 3.21. The SMILES string of the molecule is CCCC(C)NS(=O)(=O)c1ccc(CNC(C)C)cc1. The van der Waals surface area contributed by atoms with Crippen molar-refractivity contribution in [2.75, 3.05) is 0 Å². The second-order valence-corrected chi connectivity index (χ2v) is 7.20. The van der Waals surface area contributed by atoms with Crippen LogP contribution in [0.4, 0.5) is 0 Å². The number of benzene rings is 1. The summed E-state index contributed by atoms with van der Waals surface area (Å²) in [6.45, 7) is 8.84. The van der Waals surface area contributed by atoms with E-state index in [1.165, 1.54) is 0 Å². The summed E-state index contributed by atoms with van der Waals surface area (Å²) in [4.78, 5) is 0.328. The van der Waals surface area contributed by atoms with Crippen LogP contribution in [0, 0.1) is 0 Å². The Kier molecular flexibility index (Phi) is 6.65. The lowest BCUT2D eigenvalue weighted by atomic mass is 10.2. The van der Waals surface area contributed by atoms with E-state index in [2.05, 4.69) is 23.9 Å². The molecule has 20 heavy (non-hydrogen) atoms. The number of hydrogen-bond acceptors (Lipinski definition) is 3. The van der Waals surface area contributed by atoms with Crippen molar-refractivity contribution in [3.8, 4) is 0 Å². The summed E-state index contributed by atoms with van der Waals surface area (Å²) in [5, 5.41) is 3.30. The highest BCUT2D eigenvalue weighted by atomic mass is 32.2. The minimum absolute atomic E-state index is 0.0349. The normalized spacial score (nSPS) is 13.7. The lowest BCUT2D eigenvalue weighted by Crippen LogP contribution is -2.32. The molecule has 0 heterocycles. The largest absolute Gasteiger partial charge is 0.310 e.